The minimum absolute atomic E-state index is 0.0375. The quantitative estimate of drug-likeness (QED) is 0.833. The molecule has 1 fully saturated rings. The SMILES string of the molecule is CC1(C)Cc2c(ccn2C2(C(F)(F)F)CC2)C(N)C1. The van der Waals surface area contributed by atoms with Gasteiger partial charge in [0.25, 0.3) is 0 Å². The summed E-state index contributed by atoms with van der Waals surface area (Å²) in [5.41, 5.74) is 6.11. The molecule has 3 rings (SSSR count). The number of fused-ring (bicyclic) bond motifs is 1. The van der Waals surface area contributed by atoms with Crippen molar-refractivity contribution in [1.29, 1.82) is 0 Å². The fraction of sp³-hybridized carbons (Fsp3) is 0.714. The van der Waals surface area contributed by atoms with Gasteiger partial charge in [-0.05, 0) is 42.7 Å². The molecule has 0 amide bonds. The van der Waals surface area contributed by atoms with Crippen LogP contribution in [0.4, 0.5) is 13.2 Å². The number of alkyl halides is 3. The van der Waals surface area contributed by atoms with E-state index in [1.165, 1.54) is 4.57 Å². The molecular weight excluding hydrogens is 253 g/mol. The monoisotopic (exact) mass is 272 g/mol. The number of halogens is 3. The van der Waals surface area contributed by atoms with Crippen LogP contribution < -0.4 is 5.73 Å². The van der Waals surface area contributed by atoms with Crippen molar-refractivity contribution in [1.82, 2.24) is 4.57 Å². The highest BCUT2D eigenvalue weighted by molar-refractivity contribution is 5.33. The Hall–Kier alpha value is -0.970. The Bertz CT molecular complexity index is 509. The van der Waals surface area contributed by atoms with E-state index in [0.29, 0.717) is 6.42 Å². The molecule has 1 unspecified atom stereocenters. The predicted octanol–water partition coefficient (Wildman–Crippen LogP) is 3.51. The Kier molecular flexibility index (Phi) is 2.45. The van der Waals surface area contributed by atoms with Crippen molar-refractivity contribution in [2.75, 3.05) is 0 Å². The van der Waals surface area contributed by atoms with E-state index in [-0.39, 0.29) is 24.3 Å². The fourth-order valence-corrected chi connectivity index (χ4v) is 3.42. The third-order valence-electron chi connectivity index (χ3n) is 4.56. The van der Waals surface area contributed by atoms with Crippen LogP contribution in [0.5, 0.6) is 0 Å². The number of hydrogen-bond acceptors (Lipinski definition) is 1. The normalized spacial score (nSPS) is 28.0. The van der Waals surface area contributed by atoms with Gasteiger partial charge >= 0.3 is 6.18 Å². The number of rotatable bonds is 1. The molecular formula is C14H19F3N2. The largest absolute Gasteiger partial charge is 0.411 e. The second-order valence-electron chi connectivity index (χ2n) is 6.77. The van der Waals surface area contributed by atoms with Crippen LogP contribution in [0.15, 0.2) is 12.3 Å². The summed E-state index contributed by atoms with van der Waals surface area (Å²) in [6.45, 7) is 4.14. The van der Waals surface area contributed by atoms with E-state index in [2.05, 4.69) is 13.8 Å². The summed E-state index contributed by atoms with van der Waals surface area (Å²) in [5, 5.41) is 0. The van der Waals surface area contributed by atoms with E-state index >= 15 is 0 Å². The Morgan fingerprint density at radius 2 is 1.95 bits per heavy atom. The van der Waals surface area contributed by atoms with E-state index in [9.17, 15) is 13.2 Å². The zero-order valence-electron chi connectivity index (χ0n) is 11.2. The summed E-state index contributed by atoms with van der Waals surface area (Å²) in [7, 11) is 0. The lowest BCUT2D eigenvalue weighted by atomic mass is 9.74. The minimum atomic E-state index is -4.18. The lowest BCUT2D eigenvalue weighted by molar-refractivity contribution is -0.180. The molecule has 2 aliphatic carbocycles. The Labute approximate surface area is 110 Å². The molecule has 1 heterocycles. The summed E-state index contributed by atoms with van der Waals surface area (Å²) < 4.78 is 41.3. The molecule has 0 bridgehead atoms. The molecule has 1 saturated carbocycles. The van der Waals surface area contributed by atoms with Crippen molar-refractivity contribution >= 4 is 0 Å². The van der Waals surface area contributed by atoms with Gasteiger partial charge in [0, 0.05) is 17.9 Å². The van der Waals surface area contributed by atoms with E-state index in [0.717, 1.165) is 17.7 Å². The van der Waals surface area contributed by atoms with Gasteiger partial charge in [-0.3, -0.25) is 0 Å². The first kappa shape index (κ1) is 13.0. The van der Waals surface area contributed by atoms with Crippen LogP contribution in [0.1, 0.15) is 50.4 Å². The van der Waals surface area contributed by atoms with Crippen molar-refractivity contribution in [2.24, 2.45) is 11.1 Å². The zero-order chi connectivity index (χ0) is 14.1. The molecule has 2 N–H and O–H groups in total. The first-order chi connectivity index (χ1) is 8.66. The predicted molar refractivity (Wildman–Crippen MR) is 66.7 cm³/mol. The number of nitrogens with zero attached hydrogens (tertiary/aromatic N) is 1. The third kappa shape index (κ3) is 1.82. The second kappa shape index (κ2) is 3.57. The molecule has 1 aromatic heterocycles. The maximum Gasteiger partial charge on any atom is 0.411 e. The standard InChI is InChI=1S/C14H19F3N2/c1-12(2)7-10(18)9-3-6-19(11(9)8-12)13(4-5-13)14(15,16)17/h3,6,10H,4-5,7-8,18H2,1-2H3. The fourth-order valence-electron chi connectivity index (χ4n) is 3.42. The smallest absolute Gasteiger partial charge is 0.336 e. The van der Waals surface area contributed by atoms with Crippen LogP contribution in [0.2, 0.25) is 0 Å². The summed E-state index contributed by atoms with van der Waals surface area (Å²) >= 11 is 0. The third-order valence-corrected chi connectivity index (χ3v) is 4.56. The molecule has 0 aromatic carbocycles. The highest BCUT2D eigenvalue weighted by Crippen LogP contribution is 2.57. The lowest BCUT2D eigenvalue weighted by Crippen LogP contribution is -2.38. The molecule has 2 nitrogen and oxygen atoms in total. The summed E-state index contributed by atoms with van der Waals surface area (Å²) in [4.78, 5) is 0. The average molecular weight is 272 g/mol. The van der Waals surface area contributed by atoms with Gasteiger partial charge in [0.15, 0.2) is 0 Å². The lowest BCUT2D eigenvalue weighted by Gasteiger charge is -2.36. The van der Waals surface area contributed by atoms with Crippen LogP contribution in [0.3, 0.4) is 0 Å². The van der Waals surface area contributed by atoms with E-state index in [4.69, 9.17) is 5.73 Å². The van der Waals surface area contributed by atoms with Gasteiger partial charge in [-0.2, -0.15) is 13.2 Å². The van der Waals surface area contributed by atoms with Gasteiger partial charge in [0.2, 0.25) is 0 Å². The number of aromatic nitrogens is 1. The van der Waals surface area contributed by atoms with Crippen LogP contribution in [0.25, 0.3) is 0 Å². The highest BCUT2D eigenvalue weighted by atomic mass is 19.4. The number of hydrogen-bond donors (Lipinski definition) is 1. The Morgan fingerprint density at radius 1 is 1.32 bits per heavy atom. The molecule has 106 valence electrons. The van der Waals surface area contributed by atoms with E-state index in [1.54, 1.807) is 12.3 Å². The van der Waals surface area contributed by atoms with Crippen molar-refractivity contribution in [3.05, 3.63) is 23.5 Å². The van der Waals surface area contributed by atoms with Gasteiger partial charge < -0.3 is 10.3 Å². The first-order valence-corrected chi connectivity index (χ1v) is 6.69. The topological polar surface area (TPSA) is 30.9 Å². The maximum absolute atomic E-state index is 13.3. The van der Waals surface area contributed by atoms with Crippen LogP contribution >= 0.6 is 0 Å². The highest BCUT2D eigenvalue weighted by Gasteiger charge is 2.65. The second-order valence-corrected chi connectivity index (χ2v) is 6.77. The minimum Gasteiger partial charge on any atom is -0.336 e. The molecule has 1 aromatic rings. The molecule has 5 heteroatoms. The first-order valence-electron chi connectivity index (χ1n) is 6.69. The molecule has 0 aliphatic heterocycles. The molecule has 0 spiro atoms. The van der Waals surface area contributed by atoms with E-state index in [1.807, 2.05) is 0 Å². The van der Waals surface area contributed by atoms with Crippen molar-refractivity contribution < 1.29 is 13.2 Å². The molecule has 19 heavy (non-hydrogen) atoms. The van der Waals surface area contributed by atoms with Crippen LogP contribution in [-0.4, -0.2) is 10.7 Å². The molecule has 0 saturated heterocycles. The van der Waals surface area contributed by atoms with E-state index < -0.39 is 11.7 Å². The summed E-state index contributed by atoms with van der Waals surface area (Å²) in [6, 6.07) is 1.63. The summed E-state index contributed by atoms with van der Waals surface area (Å²) in [6.07, 6.45) is -0.720. The Morgan fingerprint density at radius 3 is 2.47 bits per heavy atom. The molecule has 0 radical (unpaired) electrons. The average Bonchev–Trinajstić information content (AvgIpc) is 2.93. The number of nitrogens with two attached hydrogens (primary N) is 1. The van der Waals surface area contributed by atoms with Gasteiger partial charge in [0.1, 0.15) is 5.54 Å². The van der Waals surface area contributed by atoms with Crippen molar-refractivity contribution in [3.63, 3.8) is 0 Å². The maximum atomic E-state index is 13.3. The summed E-state index contributed by atoms with van der Waals surface area (Å²) in [5.74, 6) is 0. The van der Waals surface area contributed by atoms with Crippen LogP contribution in [-0.2, 0) is 12.0 Å². The van der Waals surface area contributed by atoms with Crippen molar-refractivity contribution in [2.45, 2.75) is 57.3 Å². The Balaban J connectivity index is 2.08. The zero-order valence-corrected chi connectivity index (χ0v) is 11.2. The van der Waals surface area contributed by atoms with Gasteiger partial charge in [0.05, 0.1) is 0 Å². The van der Waals surface area contributed by atoms with Gasteiger partial charge in [-0.1, -0.05) is 13.8 Å². The molecule has 1 atom stereocenters. The van der Waals surface area contributed by atoms with Gasteiger partial charge in [-0.15, -0.1) is 0 Å². The van der Waals surface area contributed by atoms with Crippen LogP contribution in [0, 0.1) is 5.41 Å². The molecule has 2 aliphatic rings. The van der Waals surface area contributed by atoms with Gasteiger partial charge in [-0.25, -0.2) is 0 Å². The van der Waals surface area contributed by atoms with Crippen molar-refractivity contribution in [3.8, 4) is 0 Å².